The van der Waals surface area contributed by atoms with E-state index in [-0.39, 0.29) is 10.9 Å². The molecule has 1 saturated heterocycles. The molecule has 6 nitrogen and oxygen atoms in total. The smallest absolute Gasteiger partial charge is 0.243 e. The van der Waals surface area contributed by atoms with Crippen molar-refractivity contribution in [1.82, 2.24) is 20.0 Å². The first-order chi connectivity index (χ1) is 9.67. The molecular formula is C13H18N4O2S. The standard InChI is InChI=1S/C13H18N4O2S/c18-20(19,17-10-4-1-2-6-14-8-10)12-9-16-13-11(12)5-3-7-15-13/h3,5,7,9-10,14,17H,1-2,4,6,8H2,(H,15,16). The predicted octanol–water partition coefficient (Wildman–Crippen LogP) is 0.983. The third-order valence-electron chi connectivity index (χ3n) is 3.57. The van der Waals surface area contributed by atoms with Gasteiger partial charge in [-0.1, -0.05) is 6.42 Å². The van der Waals surface area contributed by atoms with Crippen LogP contribution in [0.3, 0.4) is 0 Å². The third-order valence-corrected chi connectivity index (χ3v) is 5.13. The average molecular weight is 294 g/mol. The highest BCUT2D eigenvalue weighted by atomic mass is 32.2. The van der Waals surface area contributed by atoms with Gasteiger partial charge in [0, 0.05) is 30.4 Å². The summed E-state index contributed by atoms with van der Waals surface area (Å²) in [6.07, 6.45) is 6.14. The van der Waals surface area contributed by atoms with E-state index in [1.807, 2.05) is 0 Å². The monoisotopic (exact) mass is 294 g/mol. The van der Waals surface area contributed by atoms with Crippen molar-refractivity contribution in [2.45, 2.75) is 30.2 Å². The van der Waals surface area contributed by atoms with E-state index in [4.69, 9.17) is 0 Å². The molecule has 108 valence electrons. The van der Waals surface area contributed by atoms with Crippen molar-refractivity contribution >= 4 is 21.1 Å². The number of nitrogens with one attached hydrogen (secondary N) is 3. The van der Waals surface area contributed by atoms with Crippen LogP contribution in [0, 0.1) is 0 Å². The van der Waals surface area contributed by atoms with Crippen molar-refractivity contribution in [2.24, 2.45) is 0 Å². The van der Waals surface area contributed by atoms with Gasteiger partial charge in [-0.25, -0.2) is 18.1 Å². The van der Waals surface area contributed by atoms with Crippen LogP contribution in [0.25, 0.3) is 11.0 Å². The Labute approximate surface area is 118 Å². The molecule has 0 saturated carbocycles. The van der Waals surface area contributed by atoms with Gasteiger partial charge in [0.1, 0.15) is 10.5 Å². The van der Waals surface area contributed by atoms with E-state index in [2.05, 4.69) is 20.0 Å². The number of nitrogens with zero attached hydrogens (tertiary/aromatic N) is 1. The molecule has 0 aliphatic carbocycles. The number of sulfonamides is 1. The number of aromatic nitrogens is 2. The number of rotatable bonds is 3. The summed E-state index contributed by atoms with van der Waals surface area (Å²) >= 11 is 0. The molecule has 0 amide bonds. The lowest BCUT2D eigenvalue weighted by atomic mass is 10.2. The van der Waals surface area contributed by atoms with Gasteiger partial charge in [0.2, 0.25) is 10.0 Å². The van der Waals surface area contributed by atoms with E-state index in [1.165, 1.54) is 6.20 Å². The maximum Gasteiger partial charge on any atom is 0.243 e. The van der Waals surface area contributed by atoms with Gasteiger partial charge in [-0.3, -0.25) is 0 Å². The van der Waals surface area contributed by atoms with E-state index in [0.717, 1.165) is 25.8 Å². The summed E-state index contributed by atoms with van der Waals surface area (Å²) in [4.78, 5) is 7.28. The van der Waals surface area contributed by atoms with Crippen LogP contribution in [0.2, 0.25) is 0 Å². The summed E-state index contributed by atoms with van der Waals surface area (Å²) in [6.45, 7) is 1.63. The van der Waals surface area contributed by atoms with Gasteiger partial charge in [0.15, 0.2) is 0 Å². The molecule has 1 aliphatic rings. The molecule has 0 spiro atoms. The maximum absolute atomic E-state index is 12.5. The van der Waals surface area contributed by atoms with Gasteiger partial charge in [-0.15, -0.1) is 0 Å². The minimum atomic E-state index is -3.52. The Bertz CT molecular complexity index is 687. The lowest BCUT2D eigenvalue weighted by Gasteiger charge is -2.16. The summed E-state index contributed by atoms with van der Waals surface area (Å²) in [6, 6.07) is 3.45. The molecule has 3 rings (SSSR count). The molecule has 1 aliphatic heterocycles. The highest BCUT2D eigenvalue weighted by Gasteiger charge is 2.23. The molecule has 20 heavy (non-hydrogen) atoms. The Kier molecular flexibility index (Phi) is 3.73. The fraction of sp³-hybridized carbons (Fsp3) is 0.462. The van der Waals surface area contributed by atoms with Gasteiger partial charge in [0.05, 0.1) is 0 Å². The van der Waals surface area contributed by atoms with Crippen LogP contribution in [0.5, 0.6) is 0 Å². The molecule has 0 radical (unpaired) electrons. The van der Waals surface area contributed by atoms with E-state index in [0.29, 0.717) is 17.6 Å². The molecule has 1 fully saturated rings. The lowest BCUT2D eigenvalue weighted by Crippen LogP contribution is -2.40. The Hall–Kier alpha value is -1.44. The fourth-order valence-corrected chi connectivity index (χ4v) is 3.99. The summed E-state index contributed by atoms with van der Waals surface area (Å²) in [5.41, 5.74) is 0.590. The Balaban J connectivity index is 1.87. The summed E-state index contributed by atoms with van der Waals surface area (Å²) in [7, 11) is -3.52. The van der Waals surface area contributed by atoms with E-state index >= 15 is 0 Å². The van der Waals surface area contributed by atoms with Gasteiger partial charge in [-0.2, -0.15) is 0 Å². The maximum atomic E-state index is 12.5. The topological polar surface area (TPSA) is 86.9 Å². The van der Waals surface area contributed by atoms with Crippen LogP contribution in [0.4, 0.5) is 0 Å². The highest BCUT2D eigenvalue weighted by molar-refractivity contribution is 7.89. The third kappa shape index (κ3) is 2.70. The SMILES string of the molecule is O=S(=O)(NC1CCCCNC1)c1c[nH]c2ncccc12. The fourth-order valence-electron chi connectivity index (χ4n) is 2.56. The molecule has 2 aromatic heterocycles. The number of hydrogen-bond donors (Lipinski definition) is 3. The minimum absolute atomic E-state index is 0.0517. The molecule has 1 unspecified atom stereocenters. The van der Waals surface area contributed by atoms with Gasteiger partial charge in [0.25, 0.3) is 0 Å². The normalized spacial score (nSPS) is 20.9. The molecule has 3 N–H and O–H groups in total. The lowest BCUT2D eigenvalue weighted by molar-refractivity contribution is 0.522. The van der Waals surface area contributed by atoms with Crippen LogP contribution in [-0.4, -0.2) is 37.5 Å². The first-order valence-electron chi connectivity index (χ1n) is 6.82. The Morgan fingerprint density at radius 3 is 3.15 bits per heavy atom. The second kappa shape index (κ2) is 5.51. The molecular weight excluding hydrogens is 276 g/mol. The first-order valence-corrected chi connectivity index (χ1v) is 8.30. The highest BCUT2D eigenvalue weighted by Crippen LogP contribution is 2.21. The molecule has 0 bridgehead atoms. The van der Waals surface area contributed by atoms with Crippen LogP contribution in [0.15, 0.2) is 29.4 Å². The average Bonchev–Trinajstić information content (AvgIpc) is 2.72. The number of hydrogen-bond acceptors (Lipinski definition) is 4. The summed E-state index contributed by atoms with van der Waals surface area (Å²) < 4.78 is 27.8. The van der Waals surface area contributed by atoms with Crippen LogP contribution in [-0.2, 0) is 10.0 Å². The van der Waals surface area contributed by atoms with Gasteiger partial charge < -0.3 is 10.3 Å². The predicted molar refractivity (Wildman–Crippen MR) is 76.9 cm³/mol. The number of pyridine rings is 1. The number of fused-ring (bicyclic) bond motifs is 1. The first kappa shape index (κ1) is 13.5. The van der Waals surface area contributed by atoms with Crippen molar-refractivity contribution in [1.29, 1.82) is 0 Å². The Morgan fingerprint density at radius 1 is 1.35 bits per heavy atom. The van der Waals surface area contributed by atoms with Crippen molar-refractivity contribution in [2.75, 3.05) is 13.1 Å². The van der Waals surface area contributed by atoms with Crippen LogP contribution in [0.1, 0.15) is 19.3 Å². The molecule has 1 atom stereocenters. The van der Waals surface area contributed by atoms with Crippen LogP contribution >= 0.6 is 0 Å². The zero-order valence-electron chi connectivity index (χ0n) is 11.1. The zero-order valence-corrected chi connectivity index (χ0v) is 11.9. The Morgan fingerprint density at radius 2 is 2.25 bits per heavy atom. The second-order valence-electron chi connectivity index (χ2n) is 5.07. The van der Waals surface area contributed by atoms with Crippen molar-refractivity contribution in [3.8, 4) is 0 Å². The van der Waals surface area contributed by atoms with Gasteiger partial charge in [-0.05, 0) is 31.5 Å². The van der Waals surface area contributed by atoms with Gasteiger partial charge >= 0.3 is 0 Å². The van der Waals surface area contributed by atoms with E-state index in [9.17, 15) is 8.42 Å². The minimum Gasteiger partial charge on any atom is -0.345 e. The zero-order chi connectivity index (χ0) is 14.0. The molecule has 3 heterocycles. The summed E-state index contributed by atoms with van der Waals surface area (Å²) in [5.74, 6) is 0. The summed E-state index contributed by atoms with van der Waals surface area (Å²) in [5, 5.41) is 3.88. The van der Waals surface area contributed by atoms with E-state index in [1.54, 1.807) is 18.3 Å². The number of H-pyrrole nitrogens is 1. The number of aromatic amines is 1. The van der Waals surface area contributed by atoms with Crippen molar-refractivity contribution < 1.29 is 8.42 Å². The molecule has 7 heteroatoms. The van der Waals surface area contributed by atoms with Crippen molar-refractivity contribution in [3.05, 3.63) is 24.5 Å². The van der Waals surface area contributed by atoms with Crippen LogP contribution < -0.4 is 10.0 Å². The largest absolute Gasteiger partial charge is 0.345 e. The molecule has 0 aromatic carbocycles. The van der Waals surface area contributed by atoms with Crippen molar-refractivity contribution in [3.63, 3.8) is 0 Å². The second-order valence-corrected chi connectivity index (χ2v) is 6.75. The quantitative estimate of drug-likeness (QED) is 0.787. The van der Waals surface area contributed by atoms with E-state index < -0.39 is 10.0 Å². The molecule has 2 aromatic rings.